The van der Waals surface area contributed by atoms with Gasteiger partial charge in [0.2, 0.25) is 0 Å². The molecule has 1 atom stereocenters. The molecule has 0 bridgehead atoms. The Morgan fingerprint density at radius 3 is 2.65 bits per heavy atom. The number of benzene rings is 3. The second-order valence-corrected chi connectivity index (χ2v) is 5.64. The van der Waals surface area contributed by atoms with E-state index < -0.39 is 49.5 Å². The number of halogens is 3. The van der Waals surface area contributed by atoms with Crippen molar-refractivity contribution in [2.75, 3.05) is 6.50 Å². The van der Waals surface area contributed by atoms with Gasteiger partial charge in [0.1, 0.15) is 0 Å². The lowest BCUT2D eigenvalue weighted by atomic mass is 9.99. The number of nitrogens with one attached hydrogen (secondary N) is 1. The number of rotatable bonds is 6. The summed E-state index contributed by atoms with van der Waals surface area (Å²) in [6, 6.07) is 12.1. The van der Waals surface area contributed by atoms with Crippen LogP contribution in [0.5, 0.6) is 0 Å². The zero-order valence-corrected chi connectivity index (χ0v) is 13.7. The zero-order valence-electron chi connectivity index (χ0n) is 21.7. The summed E-state index contributed by atoms with van der Waals surface area (Å²) >= 11 is 0. The Bertz CT molecular complexity index is 1170. The summed E-state index contributed by atoms with van der Waals surface area (Å²) in [5.41, 5.74) is -1.53. The molecule has 0 radical (unpaired) electrons. The molecule has 0 saturated heterocycles. The van der Waals surface area contributed by atoms with Gasteiger partial charge in [-0.1, -0.05) is 60.7 Å². The van der Waals surface area contributed by atoms with Crippen molar-refractivity contribution in [1.82, 2.24) is 5.32 Å². The largest absolute Gasteiger partial charge is 0.416 e. The van der Waals surface area contributed by atoms with E-state index in [0.29, 0.717) is 16.8 Å². The fourth-order valence-electron chi connectivity index (χ4n) is 2.60. The molecule has 3 aromatic rings. The van der Waals surface area contributed by atoms with Gasteiger partial charge in [-0.05, 0) is 54.1 Å². The van der Waals surface area contributed by atoms with E-state index in [-0.39, 0.29) is 5.56 Å². The Labute approximate surface area is 163 Å². The summed E-state index contributed by atoms with van der Waals surface area (Å²) in [6.07, 6.45) is -8.36. The van der Waals surface area contributed by atoms with Crippen molar-refractivity contribution >= 4 is 10.8 Å². The summed E-state index contributed by atoms with van der Waals surface area (Å²) in [6.45, 7) is -5.86. The Morgan fingerprint density at radius 2 is 1.85 bits per heavy atom. The summed E-state index contributed by atoms with van der Waals surface area (Å²) in [4.78, 5) is 0. The average molecular weight is 365 g/mol. The van der Waals surface area contributed by atoms with E-state index in [0.717, 1.165) is 18.2 Å². The third-order valence-electron chi connectivity index (χ3n) is 3.84. The summed E-state index contributed by atoms with van der Waals surface area (Å²) < 4.78 is 105. The van der Waals surface area contributed by atoms with E-state index in [1.54, 1.807) is 30.3 Å². The number of hydrogen-bond donors (Lipinski definition) is 1. The first-order chi connectivity index (χ1) is 15.5. The molecule has 0 aliphatic rings. The van der Waals surface area contributed by atoms with Crippen LogP contribution in [0.3, 0.4) is 0 Å². The standard InChI is InChI=1S/C22H22F3N/c1-16(20-13-5-10-18-9-2-3-12-21(18)20)26-14-6-8-17-7-4-11-19(15-17)22(23,24)25/h2-5,7,9-13,15-16,26H,6,8,14H2,1H3/t16-/m1/s1/i1D3,8D2,14D2,16D. The van der Waals surface area contributed by atoms with Crippen molar-refractivity contribution < 1.29 is 24.1 Å². The Balaban J connectivity index is 2.00. The zero-order chi connectivity index (χ0) is 25.6. The van der Waals surface area contributed by atoms with Crippen molar-refractivity contribution in [3.8, 4) is 0 Å². The minimum Gasteiger partial charge on any atom is -0.310 e. The Kier molecular flexibility index (Phi) is 3.27. The van der Waals surface area contributed by atoms with Gasteiger partial charge in [0.25, 0.3) is 0 Å². The topological polar surface area (TPSA) is 12.0 Å². The van der Waals surface area contributed by atoms with Crippen LogP contribution in [0.1, 0.15) is 46.9 Å². The third-order valence-corrected chi connectivity index (χ3v) is 3.84. The van der Waals surface area contributed by atoms with E-state index in [4.69, 9.17) is 11.0 Å². The quantitative estimate of drug-likeness (QED) is 0.553. The van der Waals surface area contributed by atoms with Crippen LogP contribution < -0.4 is 5.32 Å². The average Bonchev–Trinajstić information content (AvgIpc) is 2.70. The highest BCUT2D eigenvalue weighted by atomic mass is 19.4. The van der Waals surface area contributed by atoms with Crippen LogP contribution in [0.4, 0.5) is 13.2 Å². The van der Waals surface area contributed by atoms with E-state index in [1.807, 2.05) is 0 Å². The first-order valence-electron chi connectivity index (χ1n) is 11.9. The summed E-state index contributed by atoms with van der Waals surface area (Å²) in [7, 11) is 0. The lowest BCUT2D eigenvalue weighted by Crippen LogP contribution is -2.20. The molecule has 0 heterocycles. The van der Waals surface area contributed by atoms with Crippen LogP contribution >= 0.6 is 0 Å². The van der Waals surface area contributed by atoms with Gasteiger partial charge in [-0.2, -0.15) is 13.2 Å². The summed E-state index contributed by atoms with van der Waals surface area (Å²) in [5, 5.41) is 3.19. The normalized spacial score (nSPS) is 20.4. The Morgan fingerprint density at radius 1 is 1.08 bits per heavy atom. The molecule has 4 heteroatoms. The smallest absolute Gasteiger partial charge is 0.310 e. The molecule has 0 unspecified atom stereocenters. The van der Waals surface area contributed by atoms with Gasteiger partial charge in [-0.15, -0.1) is 0 Å². The van der Waals surface area contributed by atoms with Crippen molar-refractivity contribution in [2.45, 2.75) is 31.8 Å². The maximum atomic E-state index is 13.1. The minimum atomic E-state index is -4.71. The van der Waals surface area contributed by atoms with Gasteiger partial charge in [0, 0.05) is 15.6 Å². The van der Waals surface area contributed by atoms with Crippen molar-refractivity contribution in [3.05, 3.63) is 83.4 Å². The molecular weight excluding hydrogens is 335 g/mol. The molecular formula is C22H22F3N. The molecule has 0 aliphatic carbocycles. The fourth-order valence-corrected chi connectivity index (χ4v) is 2.60. The molecule has 3 aromatic carbocycles. The Hall–Kier alpha value is -2.33. The molecule has 0 fully saturated rings. The fraction of sp³-hybridized carbons (Fsp3) is 0.273. The van der Waals surface area contributed by atoms with Crippen LogP contribution in [0.25, 0.3) is 10.8 Å². The molecule has 0 aromatic heterocycles. The molecule has 3 rings (SSSR count). The molecule has 0 spiro atoms. The molecule has 1 N–H and O–H groups in total. The van der Waals surface area contributed by atoms with Crippen molar-refractivity contribution in [2.24, 2.45) is 0 Å². The predicted octanol–water partition coefficient (Wildman–Crippen LogP) is 6.14. The van der Waals surface area contributed by atoms with Crippen LogP contribution in [0.2, 0.25) is 0 Å². The molecule has 1 nitrogen and oxygen atoms in total. The van der Waals surface area contributed by atoms with Gasteiger partial charge in [0.05, 0.1) is 6.93 Å². The SMILES string of the molecule is [2H]C([2H])(CC([2H])([2H])c1cccc(C(F)(F)F)c1)N[C@@]([2H])(c1cccc2ccccc12)C([2H])([2H])[2H]. The first kappa shape index (κ1) is 10.7. The number of alkyl halides is 3. The molecule has 136 valence electrons. The molecule has 0 saturated carbocycles. The highest BCUT2D eigenvalue weighted by molar-refractivity contribution is 5.86. The first-order valence-corrected chi connectivity index (χ1v) is 7.92. The van der Waals surface area contributed by atoms with E-state index >= 15 is 0 Å². The lowest BCUT2D eigenvalue weighted by Gasteiger charge is -2.17. The molecule has 0 amide bonds. The van der Waals surface area contributed by atoms with Crippen molar-refractivity contribution in [1.29, 1.82) is 0 Å². The highest BCUT2D eigenvalue weighted by Gasteiger charge is 2.30. The predicted molar refractivity (Wildman–Crippen MR) is 100 cm³/mol. The van der Waals surface area contributed by atoms with Crippen LogP contribution in [0.15, 0.2) is 66.7 Å². The number of aryl methyl sites for hydroxylation is 1. The second kappa shape index (κ2) is 7.92. The number of fused-ring (bicyclic) bond motifs is 1. The van der Waals surface area contributed by atoms with Crippen LogP contribution in [-0.2, 0) is 12.5 Å². The second-order valence-electron chi connectivity index (χ2n) is 5.64. The maximum Gasteiger partial charge on any atom is 0.416 e. The van der Waals surface area contributed by atoms with E-state index in [9.17, 15) is 13.2 Å². The maximum absolute atomic E-state index is 13.1. The van der Waals surface area contributed by atoms with Crippen LogP contribution in [0, 0.1) is 0 Å². The highest BCUT2D eigenvalue weighted by Crippen LogP contribution is 2.29. The summed E-state index contributed by atoms with van der Waals surface area (Å²) in [5.74, 6) is 0. The van der Waals surface area contributed by atoms with Crippen molar-refractivity contribution in [3.63, 3.8) is 0 Å². The van der Waals surface area contributed by atoms with Gasteiger partial charge in [-0.3, -0.25) is 0 Å². The van der Waals surface area contributed by atoms with Gasteiger partial charge < -0.3 is 5.32 Å². The van der Waals surface area contributed by atoms with Crippen LogP contribution in [-0.4, -0.2) is 6.50 Å². The monoisotopic (exact) mass is 365 g/mol. The lowest BCUT2D eigenvalue weighted by molar-refractivity contribution is -0.137. The van der Waals surface area contributed by atoms with E-state index in [2.05, 4.69) is 5.32 Å². The van der Waals surface area contributed by atoms with E-state index in [1.165, 1.54) is 12.1 Å². The number of hydrogen-bond acceptors (Lipinski definition) is 1. The minimum absolute atomic E-state index is 0.0332. The molecule has 0 aliphatic heterocycles. The van der Waals surface area contributed by atoms with Gasteiger partial charge >= 0.3 is 6.18 Å². The van der Waals surface area contributed by atoms with Gasteiger partial charge in [-0.25, -0.2) is 0 Å². The third kappa shape index (κ3) is 4.44. The molecule has 26 heavy (non-hydrogen) atoms. The van der Waals surface area contributed by atoms with Gasteiger partial charge in [0.15, 0.2) is 0 Å².